The number of morpholine rings is 1. The van der Waals surface area contributed by atoms with Crippen molar-refractivity contribution in [2.75, 3.05) is 39.4 Å². The Hall–Kier alpha value is -2.14. The molecule has 184 valence electrons. The van der Waals surface area contributed by atoms with Crippen molar-refractivity contribution >= 4 is 40.6 Å². The summed E-state index contributed by atoms with van der Waals surface area (Å²) in [7, 11) is 0. The monoisotopic (exact) mass is 517 g/mol. The first-order chi connectivity index (χ1) is 16.1. The molecule has 1 N–H and O–H groups in total. The Morgan fingerprint density at radius 1 is 1.21 bits per heavy atom. The summed E-state index contributed by atoms with van der Waals surface area (Å²) in [5, 5.41) is 7.21. The lowest BCUT2D eigenvalue weighted by molar-refractivity contribution is -0.141. The molecule has 2 aromatic rings. The minimum atomic E-state index is -4.65. The lowest BCUT2D eigenvalue weighted by atomic mass is 9.87. The number of nitrogens with zero attached hydrogens (tertiary/aromatic N) is 4. The number of aromatic nitrogens is 2. The quantitative estimate of drug-likeness (QED) is 0.578. The SMILES string of the molecule is CC1=Nc2cc(C(F)(F)F)nn2C(c2ccc(Cl)c(Cl)c2)C1C(=O)NCCCN1CCOCC1. The Balaban J connectivity index is 1.58. The van der Waals surface area contributed by atoms with Gasteiger partial charge in [-0.15, -0.1) is 0 Å². The molecule has 2 unspecified atom stereocenters. The van der Waals surface area contributed by atoms with E-state index in [1.165, 1.54) is 0 Å². The number of nitrogens with one attached hydrogen (secondary N) is 1. The molecule has 1 aromatic carbocycles. The number of fused-ring (bicyclic) bond motifs is 1. The van der Waals surface area contributed by atoms with E-state index in [4.69, 9.17) is 27.9 Å². The summed E-state index contributed by atoms with van der Waals surface area (Å²) in [6, 6.07) is 4.74. The van der Waals surface area contributed by atoms with Crippen molar-refractivity contribution in [2.24, 2.45) is 10.9 Å². The summed E-state index contributed by atoms with van der Waals surface area (Å²) in [4.78, 5) is 19.8. The second-order valence-electron chi connectivity index (χ2n) is 8.28. The fraction of sp³-hybridized carbons (Fsp3) is 0.500. The van der Waals surface area contributed by atoms with Crippen molar-refractivity contribution in [3.63, 3.8) is 0 Å². The molecule has 2 aliphatic heterocycles. The van der Waals surface area contributed by atoms with Gasteiger partial charge >= 0.3 is 6.18 Å². The minimum Gasteiger partial charge on any atom is -0.379 e. The summed E-state index contributed by atoms with van der Waals surface area (Å²) in [5.74, 6) is -1.18. The third-order valence-electron chi connectivity index (χ3n) is 5.95. The van der Waals surface area contributed by atoms with Crippen molar-refractivity contribution < 1.29 is 22.7 Å². The van der Waals surface area contributed by atoms with Gasteiger partial charge in [-0.1, -0.05) is 29.3 Å². The molecule has 0 spiro atoms. The molecule has 0 saturated carbocycles. The average molecular weight is 518 g/mol. The first-order valence-electron chi connectivity index (χ1n) is 10.9. The molecule has 34 heavy (non-hydrogen) atoms. The molecular weight excluding hydrogens is 494 g/mol. The van der Waals surface area contributed by atoms with Crippen LogP contribution >= 0.6 is 23.2 Å². The summed E-state index contributed by atoms with van der Waals surface area (Å²) in [5.41, 5.74) is -0.172. The number of benzene rings is 1. The highest BCUT2D eigenvalue weighted by molar-refractivity contribution is 6.42. The van der Waals surface area contributed by atoms with Crippen LogP contribution in [-0.4, -0.2) is 65.7 Å². The number of amides is 1. The zero-order valence-electron chi connectivity index (χ0n) is 18.4. The van der Waals surface area contributed by atoms with Crippen LogP contribution in [0.1, 0.15) is 30.6 Å². The predicted octanol–water partition coefficient (Wildman–Crippen LogP) is 4.36. The summed E-state index contributed by atoms with van der Waals surface area (Å²) in [6.45, 7) is 5.97. The van der Waals surface area contributed by atoms with Gasteiger partial charge in [0.05, 0.1) is 29.3 Å². The van der Waals surface area contributed by atoms with E-state index in [1.807, 2.05) is 0 Å². The molecule has 1 aromatic heterocycles. The average Bonchev–Trinajstić information content (AvgIpc) is 3.22. The van der Waals surface area contributed by atoms with Crippen molar-refractivity contribution in [2.45, 2.75) is 25.6 Å². The van der Waals surface area contributed by atoms with E-state index in [2.05, 4.69) is 20.3 Å². The normalized spacial score (nSPS) is 21.2. The van der Waals surface area contributed by atoms with Gasteiger partial charge in [-0.05, 0) is 37.6 Å². The van der Waals surface area contributed by atoms with Crippen molar-refractivity contribution in [3.8, 4) is 0 Å². The van der Waals surface area contributed by atoms with Crippen LogP contribution in [0.25, 0.3) is 0 Å². The number of hydrogen-bond donors (Lipinski definition) is 1. The van der Waals surface area contributed by atoms with Crippen LogP contribution in [0.2, 0.25) is 10.0 Å². The molecule has 0 aliphatic carbocycles. The maximum Gasteiger partial charge on any atom is 0.435 e. The molecule has 0 bridgehead atoms. The number of rotatable bonds is 6. The number of aliphatic imine (C=N–C) groups is 1. The van der Waals surface area contributed by atoms with Crippen LogP contribution in [0, 0.1) is 5.92 Å². The number of alkyl halides is 3. The van der Waals surface area contributed by atoms with E-state index in [9.17, 15) is 18.0 Å². The highest BCUT2D eigenvalue weighted by atomic mass is 35.5. The molecule has 12 heteroatoms. The van der Waals surface area contributed by atoms with E-state index in [0.29, 0.717) is 36.1 Å². The minimum absolute atomic E-state index is 0.0252. The van der Waals surface area contributed by atoms with Crippen molar-refractivity contribution in [1.82, 2.24) is 20.0 Å². The Bertz CT molecular complexity index is 1080. The molecule has 0 radical (unpaired) electrons. The van der Waals surface area contributed by atoms with Gasteiger partial charge in [-0.2, -0.15) is 18.3 Å². The maximum absolute atomic E-state index is 13.4. The molecule has 3 heterocycles. The Morgan fingerprint density at radius 3 is 2.62 bits per heavy atom. The molecule has 2 atom stereocenters. The standard InChI is InChI=1S/C22H24Cl2F3N5O2/c1-13-19(21(33)28-5-2-6-31-7-9-34-10-8-31)20(14-3-4-15(23)16(24)11-14)32-18(29-13)12-17(30-32)22(25,26)27/h3-4,11-12,19-20H,2,5-10H2,1H3,(H,28,33). The number of carbonyl (C=O) groups is 1. The second-order valence-corrected chi connectivity index (χ2v) is 9.09. The number of carbonyl (C=O) groups excluding carboxylic acids is 1. The van der Waals surface area contributed by atoms with Crippen LogP contribution in [0.4, 0.5) is 19.0 Å². The van der Waals surface area contributed by atoms with E-state index in [0.717, 1.165) is 36.8 Å². The van der Waals surface area contributed by atoms with Crippen LogP contribution in [-0.2, 0) is 15.7 Å². The highest BCUT2D eigenvalue weighted by Crippen LogP contribution is 2.41. The number of ether oxygens (including phenoxy) is 1. The number of halogens is 5. The first kappa shape index (κ1) is 25.0. The van der Waals surface area contributed by atoms with Gasteiger partial charge in [-0.25, -0.2) is 9.67 Å². The Kier molecular flexibility index (Phi) is 7.51. The maximum atomic E-state index is 13.4. The Morgan fingerprint density at radius 2 is 1.94 bits per heavy atom. The third-order valence-corrected chi connectivity index (χ3v) is 6.69. The smallest absolute Gasteiger partial charge is 0.379 e. The molecule has 1 fully saturated rings. The van der Waals surface area contributed by atoms with Crippen LogP contribution < -0.4 is 5.32 Å². The lowest BCUT2D eigenvalue weighted by Gasteiger charge is -2.31. The summed E-state index contributed by atoms with van der Waals surface area (Å²) in [6.07, 6.45) is -3.91. The topological polar surface area (TPSA) is 71.8 Å². The molecule has 1 amide bonds. The van der Waals surface area contributed by atoms with E-state index < -0.39 is 23.8 Å². The van der Waals surface area contributed by atoms with E-state index >= 15 is 0 Å². The second kappa shape index (κ2) is 10.2. The summed E-state index contributed by atoms with van der Waals surface area (Å²) >= 11 is 12.2. The molecule has 4 rings (SSSR count). The van der Waals surface area contributed by atoms with Crippen molar-refractivity contribution in [1.29, 1.82) is 0 Å². The van der Waals surface area contributed by atoms with Crippen LogP contribution in [0.5, 0.6) is 0 Å². The molecule has 7 nitrogen and oxygen atoms in total. The predicted molar refractivity (Wildman–Crippen MR) is 123 cm³/mol. The first-order valence-corrected chi connectivity index (χ1v) is 11.7. The van der Waals surface area contributed by atoms with Gasteiger partial charge in [0.25, 0.3) is 0 Å². The lowest BCUT2D eigenvalue weighted by Crippen LogP contribution is -2.43. The van der Waals surface area contributed by atoms with Crippen LogP contribution in [0.15, 0.2) is 29.3 Å². The largest absolute Gasteiger partial charge is 0.435 e. The van der Waals surface area contributed by atoms with Gasteiger partial charge in [-0.3, -0.25) is 9.69 Å². The van der Waals surface area contributed by atoms with Crippen molar-refractivity contribution in [3.05, 3.63) is 45.6 Å². The fourth-order valence-electron chi connectivity index (χ4n) is 4.24. The van der Waals surface area contributed by atoms with Gasteiger partial charge in [0, 0.05) is 31.4 Å². The molecular formula is C22H24Cl2F3N5O2. The Labute approximate surface area is 204 Å². The van der Waals surface area contributed by atoms with E-state index in [1.54, 1.807) is 25.1 Å². The zero-order valence-corrected chi connectivity index (χ0v) is 19.9. The summed E-state index contributed by atoms with van der Waals surface area (Å²) < 4.78 is 46.6. The van der Waals surface area contributed by atoms with Gasteiger partial charge < -0.3 is 10.1 Å². The fourth-order valence-corrected chi connectivity index (χ4v) is 4.55. The van der Waals surface area contributed by atoms with Gasteiger partial charge in [0.1, 0.15) is 5.92 Å². The molecule has 2 aliphatic rings. The highest BCUT2D eigenvalue weighted by Gasteiger charge is 2.42. The molecule has 1 saturated heterocycles. The zero-order chi connectivity index (χ0) is 24.5. The van der Waals surface area contributed by atoms with Gasteiger partial charge in [0.2, 0.25) is 5.91 Å². The van der Waals surface area contributed by atoms with Crippen LogP contribution in [0.3, 0.4) is 0 Å². The third kappa shape index (κ3) is 5.40. The number of hydrogen-bond acceptors (Lipinski definition) is 5. The van der Waals surface area contributed by atoms with E-state index in [-0.39, 0.29) is 16.7 Å². The van der Waals surface area contributed by atoms with Gasteiger partial charge in [0.15, 0.2) is 11.5 Å².